The molecule has 2 heterocycles. The number of nitrogens with one attached hydrogen (secondary N) is 2. The molecule has 3 rings (SSSR count). The smallest absolute Gasteiger partial charge is 0.253 e. The molecular formula is C23H31N3O5S. The van der Waals surface area contributed by atoms with Crippen molar-refractivity contribution in [3.63, 3.8) is 0 Å². The van der Waals surface area contributed by atoms with Crippen molar-refractivity contribution in [2.24, 2.45) is 11.8 Å². The van der Waals surface area contributed by atoms with Crippen molar-refractivity contribution in [3.05, 3.63) is 57.0 Å². The van der Waals surface area contributed by atoms with Crippen LogP contribution in [0.4, 0.5) is 0 Å². The molecule has 8 nitrogen and oxygen atoms in total. The molecule has 1 aromatic heterocycles. The summed E-state index contributed by atoms with van der Waals surface area (Å²) in [5.74, 6) is 0.228. The zero-order chi connectivity index (χ0) is 23.6. The number of H-pyrrole nitrogens is 1. The van der Waals surface area contributed by atoms with E-state index in [1.54, 1.807) is 6.92 Å². The summed E-state index contributed by atoms with van der Waals surface area (Å²) in [6.45, 7) is 8.57. The molecule has 0 aliphatic carbocycles. The van der Waals surface area contributed by atoms with Gasteiger partial charge < -0.3 is 15.0 Å². The van der Waals surface area contributed by atoms with Crippen molar-refractivity contribution in [3.8, 4) is 5.75 Å². The number of piperidine rings is 1. The van der Waals surface area contributed by atoms with Gasteiger partial charge in [0.25, 0.3) is 11.5 Å². The Hall–Kier alpha value is -2.65. The fraction of sp³-hybridized carbons (Fsp3) is 0.478. The number of sulfonamides is 1. The molecule has 0 radical (unpaired) electrons. The summed E-state index contributed by atoms with van der Waals surface area (Å²) < 4.78 is 33.6. The SMILES string of the molecule is COc1ccc(C(=O)NCc2c(C)cc(C)[nH]c2=O)cc1S(=O)(=O)N1C[C@H](C)C[C@@H](C)C1. The van der Waals surface area contributed by atoms with Crippen LogP contribution in [0.25, 0.3) is 0 Å². The molecule has 174 valence electrons. The van der Waals surface area contributed by atoms with Crippen molar-refractivity contribution < 1.29 is 17.9 Å². The number of ether oxygens (including phenoxy) is 1. The van der Waals surface area contributed by atoms with E-state index in [9.17, 15) is 18.0 Å². The Balaban J connectivity index is 1.87. The highest BCUT2D eigenvalue weighted by Gasteiger charge is 2.34. The van der Waals surface area contributed by atoms with Gasteiger partial charge >= 0.3 is 0 Å². The second-order valence-electron chi connectivity index (χ2n) is 8.76. The summed E-state index contributed by atoms with van der Waals surface area (Å²) in [6, 6.07) is 6.19. The van der Waals surface area contributed by atoms with E-state index in [1.807, 2.05) is 26.8 Å². The lowest BCUT2D eigenvalue weighted by atomic mass is 9.94. The number of aromatic amines is 1. The van der Waals surface area contributed by atoms with Gasteiger partial charge in [-0.15, -0.1) is 0 Å². The normalized spacial score (nSPS) is 19.5. The van der Waals surface area contributed by atoms with E-state index in [0.29, 0.717) is 18.7 Å². The van der Waals surface area contributed by atoms with Crippen LogP contribution in [-0.4, -0.2) is 43.8 Å². The summed E-state index contributed by atoms with van der Waals surface area (Å²) in [6.07, 6.45) is 0.975. The highest BCUT2D eigenvalue weighted by molar-refractivity contribution is 7.89. The molecule has 0 unspecified atom stereocenters. The molecule has 1 aliphatic rings. The van der Waals surface area contributed by atoms with Crippen molar-refractivity contribution in [1.82, 2.24) is 14.6 Å². The van der Waals surface area contributed by atoms with E-state index in [0.717, 1.165) is 17.7 Å². The Bertz CT molecular complexity index is 1160. The maximum Gasteiger partial charge on any atom is 0.253 e. The summed E-state index contributed by atoms with van der Waals surface area (Å²) >= 11 is 0. The Morgan fingerprint density at radius 1 is 1.19 bits per heavy atom. The van der Waals surface area contributed by atoms with Gasteiger partial charge in [0.2, 0.25) is 10.0 Å². The number of aromatic nitrogens is 1. The molecule has 2 N–H and O–H groups in total. The highest BCUT2D eigenvalue weighted by Crippen LogP contribution is 2.32. The topological polar surface area (TPSA) is 109 Å². The number of hydrogen-bond donors (Lipinski definition) is 2. The van der Waals surface area contributed by atoms with Crippen LogP contribution in [0, 0.1) is 25.7 Å². The van der Waals surface area contributed by atoms with Crippen LogP contribution >= 0.6 is 0 Å². The van der Waals surface area contributed by atoms with E-state index >= 15 is 0 Å². The summed E-state index contributed by atoms with van der Waals surface area (Å²) in [4.78, 5) is 27.7. The molecule has 0 spiro atoms. The third kappa shape index (κ3) is 5.05. The van der Waals surface area contributed by atoms with Crippen LogP contribution in [-0.2, 0) is 16.6 Å². The maximum atomic E-state index is 13.4. The lowest BCUT2D eigenvalue weighted by Gasteiger charge is -2.34. The fourth-order valence-electron chi connectivity index (χ4n) is 4.33. The molecule has 1 aliphatic heterocycles. The first kappa shape index (κ1) is 24.0. The minimum absolute atomic E-state index is 0.0293. The molecule has 2 aromatic rings. The average Bonchev–Trinajstić information content (AvgIpc) is 2.71. The third-order valence-electron chi connectivity index (χ3n) is 5.80. The first-order valence-electron chi connectivity index (χ1n) is 10.7. The Morgan fingerprint density at radius 2 is 1.84 bits per heavy atom. The van der Waals surface area contributed by atoms with Gasteiger partial charge in [-0.1, -0.05) is 13.8 Å². The Labute approximate surface area is 189 Å². The molecule has 1 saturated heterocycles. The van der Waals surface area contributed by atoms with Crippen LogP contribution in [0.5, 0.6) is 5.75 Å². The predicted molar refractivity (Wildman–Crippen MR) is 122 cm³/mol. The number of carbonyl (C=O) groups excluding carboxylic acids is 1. The van der Waals surface area contributed by atoms with Crippen LogP contribution in [0.15, 0.2) is 34.0 Å². The second kappa shape index (κ2) is 9.46. The molecule has 0 saturated carbocycles. The Kier molecular flexibility index (Phi) is 7.09. The number of pyridine rings is 1. The largest absolute Gasteiger partial charge is 0.495 e. The van der Waals surface area contributed by atoms with Crippen LogP contribution in [0.3, 0.4) is 0 Å². The van der Waals surface area contributed by atoms with Gasteiger partial charge in [0, 0.05) is 36.5 Å². The zero-order valence-electron chi connectivity index (χ0n) is 19.2. The number of benzene rings is 1. The van der Waals surface area contributed by atoms with Crippen LogP contribution < -0.4 is 15.6 Å². The maximum absolute atomic E-state index is 13.4. The monoisotopic (exact) mass is 461 g/mol. The van der Waals surface area contributed by atoms with Gasteiger partial charge in [-0.25, -0.2) is 8.42 Å². The van der Waals surface area contributed by atoms with E-state index in [2.05, 4.69) is 10.3 Å². The van der Waals surface area contributed by atoms with E-state index < -0.39 is 15.9 Å². The Morgan fingerprint density at radius 3 is 2.44 bits per heavy atom. The highest BCUT2D eigenvalue weighted by atomic mass is 32.2. The summed E-state index contributed by atoms with van der Waals surface area (Å²) in [5.41, 5.74) is 1.91. The number of amides is 1. The fourth-order valence-corrected chi connectivity index (χ4v) is 6.19. The van der Waals surface area contributed by atoms with Crippen molar-refractivity contribution in [1.29, 1.82) is 0 Å². The third-order valence-corrected chi connectivity index (χ3v) is 7.65. The minimum Gasteiger partial charge on any atom is -0.495 e. The second-order valence-corrected chi connectivity index (χ2v) is 10.7. The molecule has 9 heteroatoms. The lowest BCUT2D eigenvalue weighted by molar-refractivity contribution is 0.0950. The van der Waals surface area contributed by atoms with E-state index in [1.165, 1.54) is 29.6 Å². The van der Waals surface area contributed by atoms with Gasteiger partial charge in [-0.2, -0.15) is 4.31 Å². The van der Waals surface area contributed by atoms with Gasteiger partial charge in [0.15, 0.2) is 0 Å². The van der Waals surface area contributed by atoms with Crippen LogP contribution in [0.2, 0.25) is 0 Å². The molecule has 1 fully saturated rings. The number of rotatable bonds is 6. The van der Waals surface area contributed by atoms with Gasteiger partial charge in [-0.3, -0.25) is 9.59 Å². The molecule has 32 heavy (non-hydrogen) atoms. The molecule has 0 bridgehead atoms. The van der Waals surface area contributed by atoms with Crippen molar-refractivity contribution in [2.75, 3.05) is 20.2 Å². The average molecular weight is 462 g/mol. The quantitative estimate of drug-likeness (QED) is 0.687. The number of hydrogen-bond acceptors (Lipinski definition) is 5. The van der Waals surface area contributed by atoms with Crippen molar-refractivity contribution in [2.45, 2.75) is 45.6 Å². The van der Waals surface area contributed by atoms with Gasteiger partial charge in [0.05, 0.1) is 7.11 Å². The van der Waals surface area contributed by atoms with E-state index in [-0.39, 0.29) is 40.1 Å². The standard InChI is InChI=1S/C23H31N3O5S/c1-14-8-15(2)13-26(12-14)32(29,30)21-10-18(6-7-20(21)31-5)22(27)24-11-19-16(3)9-17(4)25-23(19)28/h6-7,9-10,14-15H,8,11-13H2,1-5H3,(H,24,27)(H,25,28)/t14-,15-/m1/s1. The number of methoxy groups -OCH3 is 1. The van der Waals surface area contributed by atoms with Crippen LogP contribution in [0.1, 0.15) is 47.4 Å². The molecule has 1 amide bonds. The summed E-state index contributed by atoms with van der Waals surface area (Å²) in [5, 5.41) is 2.72. The first-order chi connectivity index (χ1) is 15.0. The van der Waals surface area contributed by atoms with E-state index in [4.69, 9.17) is 4.74 Å². The summed E-state index contributed by atoms with van der Waals surface area (Å²) in [7, 11) is -2.43. The first-order valence-corrected chi connectivity index (χ1v) is 12.1. The molecule has 2 atom stereocenters. The predicted octanol–water partition coefficient (Wildman–Crippen LogP) is 2.60. The number of nitrogens with zero attached hydrogens (tertiary/aromatic N) is 1. The lowest BCUT2D eigenvalue weighted by Crippen LogP contribution is -2.42. The van der Waals surface area contributed by atoms with Crippen molar-refractivity contribution >= 4 is 15.9 Å². The number of carbonyl (C=O) groups is 1. The minimum atomic E-state index is -3.84. The zero-order valence-corrected chi connectivity index (χ0v) is 20.0. The van der Waals surface area contributed by atoms with Gasteiger partial charge in [-0.05, 0) is 61.9 Å². The van der Waals surface area contributed by atoms with Gasteiger partial charge in [0.1, 0.15) is 10.6 Å². The molecule has 1 aromatic carbocycles. The molecular weight excluding hydrogens is 430 g/mol. The number of aryl methyl sites for hydroxylation is 2.